The number of nitrogens with one attached hydrogen (secondary N) is 1. The number of rotatable bonds is 9. The molecule has 1 aromatic heterocycles. The number of nitro benzene ring substituents is 1. The number of fused-ring (bicyclic) bond motifs is 1. The van der Waals surface area contributed by atoms with Crippen LogP contribution in [0.2, 0.25) is 0 Å². The molecule has 0 aliphatic carbocycles. The molecule has 1 aliphatic rings. The van der Waals surface area contributed by atoms with Gasteiger partial charge < -0.3 is 9.73 Å². The first-order valence-corrected chi connectivity index (χ1v) is 11.8. The van der Waals surface area contributed by atoms with Gasteiger partial charge in [-0.3, -0.25) is 24.4 Å². The van der Waals surface area contributed by atoms with Gasteiger partial charge in [-0.1, -0.05) is 37.1 Å². The summed E-state index contributed by atoms with van der Waals surface area (Å²) in [5.74, 6) is -0.675. The van der Waals surface area contributed by atoms with E-state index in [1.54, 1.807) is 0 Å². The minimum atomic E-state index is -0.586. The first kappa shape index (κ1) is 23.7. The number of nitro groups is 1. The fraction of sp³-hybridized carbons (Fsp3) is 0.440. The second-order valence-electron chi connectivity index (χ2n) is 8.82. The van der Waals surface area contributed by atoms with Crippen molar-refractivity contribution in [3.8, 4) is 0 Å². The monoisotopic (exact) mass is 466 g/mol. The number of benzene rings is 2. The van der Waals surface area contributed by atoms with Gasteiger partial charge in [0.25, 0.3) is 5.69 Å². The lowest BCUT2D eigenvalue weighted by Crippen LogP contribution is -2.25. The molecule has 0 bridgehead atoms. The van der Waals surface area contributed by atoms with Gasteiger partial charge in [0.2, 0.25) is 5.91 Å². The fourth-order valence-electron chi connectivity index (χ4n) is 4.46. The molecule has 34 heavy (non-hydrogen) atoms. The zero-order chi connectivity index (χ0) is 23.9. The molecule has 1 N–H and O–H groups in total. The molecule has 2 heterocycles. The Morgan fingerprint density at radius 2 is 1.82 bits per heavy atom. The Morgan fingerprint density at radius 1 is 1.06 bits per heavy atom. The van der Waals surface area contributed by atoms with Crippen LogP contribution in [0, 0.1) is 10.1 Å². The minimum absolute atomic E-state index is 0.0885. The predicted molar refractivity (Wildman–Crippen MR) is 128 cm³/mol. The van der Waals surface area contributed by atoms with Crippen LogP contribution in [0.4, 0.5) is 5.69 Å². The third-order valence-corrected chi connectivity index (χ3v) is 6.23. The van der Waals surface area contributed by atoms with Crippen LogP contribution in [0.5, 0.6) is 0 Å². The summed E-state index contributed by atoms with van der Waals surface area (Å²) in [6.45, 7) is 3.99. The molecule has 0 radical (unpaired) electrons. The van der Waals surface area contributed by atoms with Crippen molar-refractivity contribution >= 4 is 22.7 Å². The highest BCUT2D eigenvalue weighted by molar-refractivity contribution is 5.76. The number of oxazole rings is 1. The Bertz CT molecular complexity index is 1210. The number of likely N-dealkylation sites (tertiary alicyclic amines) is 1. The van der Waals surface area contributed by atoms with E-state index in [4.69, 9.17) is 4.42 Å². The summed E-state index contributed by atoms with van der Waals surface area (Å²) in [6, 6.07) is 12.4. The SMILES string of the molecule is O=C(CCCn1c(=O)oc2cc([N+](=O)[O-])ccc21)NCc1cccc(CN2CCCCCC2)c1. The summed E-state index contributed by atoms with van der Waals surface area (Å²) in [7, 11) is 0. The van der Waals surface area contributed by atoms with E-state index >= 15 is 0 Å². The van der Waals surface area contributed by atoms with E-state index in [0.29, 0.717) is 25.0 Å². The number of aryl methyl sites for hydroxylation is 1. The topological polar surface area (TPSA) is 111 Å². The number of aromatic nitrogens is 1. The van der Waals surface area contributed by atoms with Gasteiger partial charge in [-0.2, -0.15) is 0 Å². The van der Waals surface area contributed by atoms with Gasteiger partial charge >= 0.3 is 5.76 Å². The van der Waals surface area contributed by atoms with Crippen LogP contribution in [0.3, 0.4) is 0 Å². The van der Waals surface area contributed by atoms with E-state index in [1.165, 1.54) is 54.0 Å². The molecular weight excluding hydrogens is 436 g/mol. The second kappa shape index (κ2) is 11.1. The highest BCUT2D eigenvalue weighted by atomic mass is 16.6. The molecule has 0 unspecified atom stereocenters. The summed E-state index contributed by atoms with van der Waals surface area (Å²) in [6.07, 6.45) is 5.87. The Kier molecular flexibility index (Phi) is 7.74. The second-order valence-corrected chi connectivity index (χ2v) is 8.82. The molecule has 1 aliphatic heterocycles. The average molecular weight is 467 g/mol. The molecule has 1 amide bonds. The van der Waals surface area contributed by atoms with E-state index < -0.39 is 10.7 Å². The number of nitrogens with zero attached hydrogens (tertiary/aromatic N) is 3. The molecule has 1 saturated heterocycles. The molecule has 4 rings (SSSR count). The third kappa shape index (κ3) is 6.11. The van der Waals surface area contributed by atoms with Crippen molar-refractivity contribution in [3.05, 3.63) is 74.3 Å². The summed E-state index contributed by atoms with van der Waals surface area (Å²) in [5, 5.41) is 13.9. The molecule has 1 fully saturated rings. The lowest BCUT2D eigenvalue weighted by atomic mass is 10.1. The van der Waals surface area contributed by atoms with Gasteiger partial charge in [0, 0.05) is 32.1 Å². The number of hydrogen-bond acceptors (Lipinski definition) is 6. The molecule has 0 atom stereocenters. The van der Waals surface area contributed by atoms with E-state index in [0.717, 1.165) is 25.2 Å². The highest BCUT2D eigenvalue weighted by Crippen LogP contribution is 2.20. The van der Waals surface area contributed by atoms with Crippen molar-refractivity contribution < 1.29 is 14.1 Å². The Morgan fingerprint density at radius 3 is 2.59 bits per heavy atom. The average Bonchev–Trinajstić information content (AvgIpc) is 2.97. The summed E-state index contributed by atoms with van der Waals surface area (Å²) >= 11 is 0. The third-order valence-electron chi connectivity index (χ3n) is 6.23. The molecule has 2 aromatic carbocycles. The fourth-order valence-corrected chi connectivity index (χ4v) is 4.46. The van der Waals surface area contributed by atoms with E-state index in [1.807, 2.05) is 12.1 Å². The van der Waals surface area contributed by atoms with Gasteiger partial charge in [0.05, 0.1) is 16.5 Å². The zero-order valence-electron chi connectivity index (χ0n) is 19.2. The minimum Gasteiger partial charge on any atom is -0.407 e. The maximum absolute atomic E-state index is 12.3. The molecule has 180 valence electrons. The summed E-state index contributed by atoms with van der Waals surface area (Å²) in [5.41, 5.74) is 2.85. The van der Waals surface area contributed by atoms with Crippen molar-refractivity contribution in [2.24, 2.45) is 0 Å². The van der Waals surface area contributed by atoms with Crippen molar-refractivity contribution in [1.82, 2.24) is 14.8 Å². The van der Waals surface area contributed by atoms with Crippen LogP contribution in [-0.4, -0.2) is 33.4 Å². The maximum Gasteiger partial charge on any atom is 0.419 e. The predicted octanol–water partition coefficient (Wildman–Crippen LogP) is 3.98. The van der Waals surface area contributed by atoms with Crippen LogP contribution in [0.15, 0.2) is 51.7 Å². The number of carbonyl (C=O) groups is 1. The van der Waals surface area contributed by atoms with E-state index in [-0.39, 0.29) is 23.6 Å². The molecule has 9 heteroatoms. The van der Waals surface area contributed by atoms with Gasteiger partial charge in [-0.25, -0.2) is 4.79 Å². The van der Waals surface area contributed by atoms with Crippen LogP contribution >= 0.6 is 0 Å². The Hall–Kier alpha value is -3.46. The van der Waals surface area contributed by atoms with Crippen molar-refractivity contribution in [2.75, 3.05) is 13.1 Å². The number of non-ortho nitro benzene ring substituents is 1. The van der Waals surface area contributed by atoms with Gasteiger partial charge in [0.15, 0.2) is 5.58 Å². The largest absolute Gasteiger partial charge is 0.419 e. The number of hydrogen-bond donors (Lipinski definition) is 1. The van der Waals surface area contributed by atoms with E-state index in [2.05, 4.69) is 22.3 Å². The standard InChI is InChI=1S/C25H30N4O5/c30-24(9-6-14-28-22-11-10-21(29(32)33)16-23(22)34-25(28)31)26-17-19-7-5-8-20(15-19)18-27-12-3-1-2-4-13-27/h5,7-8,10-11,15-16H,1-4,6,9,12-14,17-18H2,(H,26,30). The van der Waals surface area contributed by atoms with Crippen molar-refractivity contribution in [3.63, 3.8) is 0 Å². The van der Waals surface area contributed by atoms with Gasteiger partial charge in [-0.05, 0) is 49.5 Å². The molecular formula is C25H30N4O5. The first-order chi connectivity index (χ1) is 16.5. The molecule has 0 spiro atoms. The molecule has 0 saturated carbocycles. The zero-order valence-corrected chi connectivity index (χ0v) is 19.2. The van der Waals surface area contributed by atoms with Gasteiger partial charge in [-0.15, -0.1) is 0 Å². The lowest BCUT2D eigenvalue weighted by Gasteiger charge is -2.20. The number of carbonyl (C=O) groups excluding carboxylic acids is 1. The van der Waals surface area contributed by atoms with Crippen LogP contribution < -0.4 is 11.1 Å². The van der Waals surface area contributed by atoms with Gasteiger partial charge in [0.1, 0.15) is 0 Å². The van der Waals surface area contributed by atoms with Crippen molar-refractivity contribution in [2.45, 2.75) is 58.2 Å². The van der Waals surface area contributed by atoms with Crippen LogP contribution in [0.25, 0.3) is 11.1 Å². The molecule has 3 aromatic rings. The summed E-state index contributed by atoms with van der Waals surface area (Å²) < 4.78 is 6.53. The van der Waals surface area contributed by atoms with Crippen LogP contribution in [0.1, 0.15) is 49.7 Å². The highest BCUT2D eigenvalue weighted by Gasteiger charge is 2.14. The Labute approximate surface area is 197 Å². The quantitative estimate of drug-likeness (QED) is 0.377. The normalized spacial score (nSPS) is 14.7. The smallest absolute Gasteiger partial charge is 0.407 e. The lowest BCUT2D eigenvalue weighted by molar-refractivity contribution is -0.384. The van der Waals surface area contributed by atoms with Crippen LogP contribution in [-0.2, 0) is 24.4 Å². The first-order valence-electron chi connectivity index (χ1n) is 11.8. The van der Waals surface area contributed by atoms with Crippen molar-refractivity contribution in [1.29, 1.82) is 0 Å². The molecule has 9 nitrogen and oxygen atoms in total. The maximum atomic E-state index is 12.3. The van der Waals surface area contributed by atoms with E-state index in [9.17, 15) is 19.7 Å². The Balaban J connectivity index is 1.26. The summed E-state index contributed by atoms with van der Waals surface area (Å²) in [4.78, 5) is 37.3. The number of amides is 1.